The number of hydrogen-bond acceptors (Lipinski definition) is 1. The number of nitrogens with zero attached hydrogens (tertiary/aromatic N) is 1. The van der Waals surface area contributed by atoms with Crippen molar-refractivity contribution in [2.75, 3.05) is 6.54 Å². The minimum Gasteiger partial charge on any atom is -0.347 e. The van der Waals surface area contributed by atoms with Gasteiger partial charge in [-0.2, -0.15) is 0 Å². The second-order valence-corrected chi connectivity index (χ2v) is 6.52. The number of nitrogens with one attached hydrogen (secondary N) is 2. The van der Waals surface area contributed by atoms with Gasteiger partial charge in [-0.3, -0.25) is 0 Å². The van der Waals surface area contributed by atoms with E-state index in [1.54, 1.807) is 18.2 Å². The Balaban J connectivity index is 1.39. The molecular formula is C21H24FN3O. The van der Waals surface area contributed by atoms with Crippen molar-refractivity contribution in [3.63, 3.8) is 0 Å². The summed E-state index contributed by atoms with van der Waals surface area (Å²) in [6.45, 7) is 3.31. The molecule has 1 heterocycles. The Morgan fingerprint density at radius 3 is 2.73 bits per heavy atom. The summed E-state index contributed by atoms with van der Waals surface area (Å²) >= 11 is 0. The maximum Gasteiger partial charge on any atom is 0.315 e. The highest BCUT2D eigenvalue weighted by Gasteiger charge is 2.10. The number of aryl methyl sites for hydroxylation is 1. The van der Waals surface area contributed by atoms with Crippen molar-refractivity contribution in [1.29, 1.82) is 0 Å². The Labute approximate surface area is 153 Å². The molecule has 0 spiro atoms. The van der Waals surface area contributed by atoms with Gasteiger partial charge in [0.15, 0.2) is 0 Å². The molecule has 0 aliphatic heterocycles. The number of benzene rings is 2. The number of para-hydroxylation sites is 1. The number of carbonyl (C=O) groups excluding carboxylic acids is 1. The van der Waals surface area contributed by atoms with Crippen molar-refractivity contribution >= 4 is 16.9 Å². The van der Waals surface area contributed by atoms with Crippen LogP contribution < -0.4 is 10.6 Å². The van der Waals surface area contributed by atoms with E-state index in [1.165, 1.54) is 17.0 Å². The first-order chi connectivity index (χ1) is 12.6. The fourth-order valence-corrected chi connectivity index (χ4v) is 3.11. The number of amides is 2. The topological polar surface area (TPSA) is 46.1 Å². The number of fused-ring (bicyclic) bond motifs is 1. The third kappa shape index (κ3) is 4.63. The van der Waals surface area contributed by atoms with Crippen LogP contribution in [0.25, 0.3) is 10.9 Å². The first-order valence-corrected chi connectivity index (χ1v) is 8.95. The molecule has 26 heavy (non-hydrogen) atoms. The molecule has 0 saturated heterocycles. The Kier molecular flexibility index (Phi) is 5.89. The zero-order valence-corrected chi connectivity index (χ0v) is 14.9. The van der Waals surface area contributed by atoms with Crippen LogP contribution in [0, 0.1) is 5.82 Å². The molecule has 2 aromatic carbocycles. The summed E-state index contributed by atoms with van der Waals surface area (Å²) in [7, 11) is 0. The second-order valence-electron chi connectivity index (χ2n) is 6.52. The molecule has 0 aliphatic carbocycles. The van der Waals surface area contributed by atoms with Gasteiger partial charge >= 0.3 is 6.03 Å². The molecule has 4 nitrogen and oxygen atoms in total. The molecule has 1 atom stereocenters. The lowest BCUT2D eigenvalue weighted by Crippen LogP contribution is -2.42. The van der Waals surface area contributed by atoms with E-state index in [0.29, 0.717) is 18.5 Å². The Morgan fingerprint density at radius 1 is 1.12 bits per heavy atom. The third-order valence-corrected chi connectivity index (χ3v) is 4.40. The van der Waals surface area contributed by atoms with E-state index in [2.05, 4.69) is 39.6 Å². The lowest BCUT2D eigenvalue weighted by molar-refractivity contribution is 0.237. The van der Waals surface area contributed by atoms with Crippen LogP contribution in [-0.4, -0.2) is 23.2 Å². The van der Waals surface area contributed by atoms with Crippen molar-refractivity contribution in [3.05, 3.63) is 72.2 Å². The number of aromatic nitrogens is 1. The summed E-state index contributed by atoms with van der Waals surface area (Å²) < 4.78 is 15.8. The first kappa shape index (κ1) is 18.0. The molecule has 0 fully saturated rings. The van der Waals surface area contributed by atoms with E-state index in [0.717, 1.165) is 13.0 Å². The molecule has 5 heteroatoms. The predicted molar refractivity (Wildman–Crippen MR) is 103 cm³/mol. The molecule has 3 rings (SSSR count). The van der Waals surface area contributed by atoms with Crippen LogP contribution in [0.4, 0.5) is 9.18 Å². The van der Waals surface area contributed by atoms with Crippen LogP contribution >= 0.6 is 0 Å². The summed E-state index contributed by atoms with van der Waals surface area (Å²) in [5.41, 5.74) is 1.82. The van der Waals surface area contributed by atoms with Crippen LogP contribution in [0.1, 0.15) is 18.9 Å². The monoisotopic (exact) mass is 353 g/mol. The van der Waals surface area contributed by atoms with Gasteiger partial charge in [-0.1, -0.05) is 36.4 Å². The van der Waals surface area contributed by atoms with Crippen molar-refractivity contribution in [2.45, 2.75) is 32.4 Å². The number of urea groups is 1. The molecule has 1 unspecified atom stereocenters. The number of carbonyl (C=O) groups is 1. The fraction of sp³-hybridized carbons (Fsp3) is 0.286. The molecule has 0 bridgehead atoms. The van der Waals surface area contributed by atoms with Crippen molar-refractivity contribution in [1.82, 2.24) is 15.2 Å². The molecule has 1 aromatic heterocycles. The quantitative estimate of drug-likeness (QED) is 0.617. The average Bonchev–Trinajstić information content (AvgIpc) is 3.04. The van der Waals surface area contributed by atoms with Crippen molar-refractivity contribution in [3.8, 4) is 0 Å². The van der Waals surface area contributed by atoms with Crippen LogP contribution in [0.3, 0.4) is 0 Å². The first-order valence-electron chi connectivity index (χ1n) is 8.95. The highest BCUT2D eigenvalue weighted by atomic mass is 19.1. The van der Waals surface area contributed by atoms with E-state index in [1.807, 2.05) is 19.1 Å². The van der Waals surface area contributed by atoms with Crippen LogP contribution in [-0.2, 0) is 13.0 Å². The molecule has 2 amide bonds. The maximum atomic E-state index is 13.7. The van der Waals surface area contributed by atoms with Crippen molar-refractivity contribution < 1.29 is 9.18 Å². The van der Waals surface area contributed by atoms with Gasteiger partial charge in [0.1, 0.15) is 5.82 Å². The molecule has 136 valence electrons. The van der Waals surface area contributed by atoms with Gasteiger partial charge in [-0.25, -0.2) is 9.18 Å². The highest BCUT2D eigenvalue weighted by molar-refractivity contribution is 5.79. The van der Waals surface area contributed by atoms with Gasteiger partial charge in [-0.15, -0.1) is 0 Å². The Morgan fingerprint density at radius 2 is 1.88 bits per heavy atom. The van der Waals surface area contributed by atoms with E-state index in [4.69, 9.17) is 0 Å². The van der Waals surface area contributed by atoms with Gasteiger partial charge in [-0.05, 0) is 48.9 Å². The zero-order valence-electron chi connectivity index (χ0n) is 14.9. The second kappa shape index (κ2) is 8.52. The zero-order chi connectivity index (χ0) is 18.4. The van der Waals surface area contributed by atoms with Crippen LogP contribution in [0.2, 0.25) is 0 Å². The van der Waals surface area contributed by atoms with Gasteiger partial charge in [0.25, 0.3) is 0 Å². The summed E-state index contributed by atoms with van der Waals surface area (Å²) in [6.07, 6.45) is 3.38. The molecular weight excluding hydrogens is 329 g/mol. The average molecular weight is 353 g/mol. The van der Waals surface area contributed by atoms with Gasteiger partial charge in [0.2, 0.25) is 0 Å². The summed E-state index contributed by atoms with van der Waals surface area (Å²) in [5, 5.41) is 6.95. The van der Waals surface area contributed by atoms with Crippen molar-refractivity contribution in [2.24, 2.45) is 0 Å². The SMILES string of the molecule is CC(Cc1ccccc1F)NC(=O)NCCCn1ccc2ccccc21. The number of rotatable bonds is 7. The van der Waals surface area contributed by atoms with Crippen LogP contribution in [0.5, 0.6) is 0 Å². The normalized spacial score (nSPS) is 12.1. The molecule has 2 N–H and O–H groups in total. The fourth-order valence-electron chi connectivity index (χ4n) is 3.11. The molecule has 0 saturated carbocycles. The van der Waals surface area contributed by atoms with Gasteiger partial charge in [0.05, 0.1) is 0 Å². The lowest BCUT2D eigenvalue weighted by atomic mass is 10.1. The van der Waals surface area contributed by atoms with E-state index in [9.17, 15) is 9.18 Å². The largest absolute Gasteiger partial charge is 0.347 e. The third-order valence-electron chi connectivity index (χ3n) is 4.40. The Bertz CT molecular complexity index is 874. The molecule has 0 aliphatic rings. The number of hydrogen-bond donors (Lipinski definition) is 2. The highest BCUT2D eigenvalue weighted by Crippen LogP contribution is 2.15. The summed E-state index contributed by atoms with van der Waals surface area (Å²) in [4.78, 5) is 12.0. The minimum atomic E-state index is -0.236. The Hall–Kier alpha value is -2.82. The molecule has 0 radical (unpaired) electrons. The van der Waals surface area contributed by atoms with Gasteiger partial charge < -0.3 is 15.2 Å². The summed E-state index contributed by atoms with van der Waals surface area (Å²) in [5.74, 6) is -0.236. The molecule has 3 aromatic rings. The number of halogens is 1. The standard InChI is InChI=1S/C21H24FN3O/c1-16(15-18-8-2-4-9-19(18)22)24-21(26)23-12-6-13-25-14-11-17-7-3-5-10-20(17)25/h2-5,7-11,14,16H,6,12-13,15H2,1H3,(H2,23,24,26). The van der Waals surface area contributed by atoms with Crippen LogP contribution in [0.15, 0.2) is 60.8 Å². The van der Waals surface area contributed by atoms with E-state index < -0.39 is 0 Å². The van der Waals surface area contributed by atoms with E-state index in [-0.39, 0.29) is 17.9 Å². The lowest BCUT2D eigenvalue weighted by Gasteiger charge is -2.15. The van der Waals surface area contributed by atoms with E-state index >= 15 is 0 Å². The predicted octanol–water partition coefficient (Wildman–Crippen LogP) is 4.10. The smallest absolute Gasteiger partial charge is 0.315 e. The summed E-state index contributed by atoms with van der Waals surface area (Å²) in [6, 6.07) is 16.6. The minimum absolute atomic E-state index is 0.139. The van der Waals surface area contributed by atoms with Gasteiger partial charge in [0, 0.05) is 30.8 Å². The maximum absolute atomic E-state index is 13.7.